The predicted molar refractivity (Wildman–Crippen MR) is 154 cm³/mol. The van der Waals surface area contributed by atoms with Crippen molar-refractivity contribution < 1.29 is 23.8 Å². The number of esters is 1. The smallest absolute Gasteiger partial charge is 0.339 e. The van der Waals surface area contributed by atoms with Gasteiger partial charge in [0.25, 0.3) is 5.91 Å². The molecule has 7 nitrogen and oxygen atoms in total. The Hall–Kier alpha value is -3.84. The second-order valence-electron chi connectivity index (χ2n) is 9.97. The van der Waals surface area contributed by atoms with E-state index >= 15 is 0 Å². The number of ether oxygens (including phenoxy) is 3. The summed E-state index contributed by atoms with van der Waals surface area (Å²) in [4.78, 5) is 28.7. The van der Waals surface area contributed by atoms with Crippen LogP contribution in [0.5, 0.6) is 11.5 Å². The lowest BCUT2D eigenvalue weighted by atomic mass is 9.88. The molecule has 7 heteroatoms. The van der Waals surface area contributed by atoms with Crippen LogP contribution < -0.4 is 14.8 Å². The van der Waals surface area contributed by atoms with Crippen molar-refractivity contribution in [2.24, 2.45) is 0 Å². The minimum atomic E-state index is -0.526. The second-order valence-corrected chi connectivity index (χ2v) is 9.97. The minimum Gasteiger partial charge on any atom is -0.497 e. The molecule has 1 aliphatic rings. The number of likely N-dealkylation sites (tertiary alicyclic amines) is 1. The number of carbonyl (C=O) groups is 2. The first kappa shape index (κ1) is 28.2. The number of carbonyl (C=O) groups excluding carboxylic acids is 2. The van der Waals surface area contributed by atoms with E-state index in [1.807, 2.05) is 42.5 Å². The molecule has 39 heavy (non-hydrogen) atoms. The van der Waals surface area contributed by atoms with E-state index in [0.717, 1.165) is 61.2 Å². The van der Waals surface area contributed by atoms with Gasteiger partial charge in [-0.15, -0.1) is 0 Å². The summed E-state index contributed by atoms with van der Waals surface area (Å²) in [6.07, 6.45) is 3.98. The number of benzene rings is 3. The molecule has 3 aromatic carbocycles. The maximum Gasteiger partial charge on any atom is 0.339 e. The second kappa shape index (κ2) is 13.3. The molecule has 1 fully saturated rings. The number of hydrogen-bond acceptors (Lipinski definition) is 6. The van der Waals surface area contributed by atoms with E-state index in [2.05, 4.69) is 30.3 Å². The number of amides is 1. The van der Waals surface area contributed by atoms with Crippen LogP contribution in [0.25, 0.3) is 11.1 Å². The number of nitrogens with one attached hydrogen (secondary N) is 1. The van der Waals surface area contributed by atoms with Gasteiger partial charge in [0, 0.05) is 0 Å². The maximum atomic E-state index is 13.8. The third kappa shape index (κ3) is 6.98. The molecule has 1 N–H and O–H groups in total. The topological polar surface area (TPSA) is 77.1 Å². The lowest BCUT2D eigenvalue weighted by Crippen LogP contribution is -2.29. The predicted octanol–water partition coefficient (Wildman–Crippen LogP) is 6.39. The number of unbranched alkanes of at least 4 members (excludes halogenated alkanes) is 1. The lowest BCUT2D eigenvalue weighted by molar-refractivity contribution is 0.0602. The van der Waals surface area contributed by atoms with E-state index in [4.69, 9.17) is 14.2 Å². The van der Waals surface area contributed by atoms with Crippen molar-refractivity contribution in [3.05, 3.63) is 77.4 Å². The van der Waals surface area contributed by atoms with Crippen LogP contribution in [0.3, 0.4) is 0 Å². The van der Waals surface area contributed by atoms with E-state index in [9.17, 15) is 9.59 Å². The van der Waals surface area contributed by atoms with Gasteiger partial charge in [0.1, 0.15) is 11.5 Å². The van der Waals surface area contributed by atoms with Crippen LogP contribution in [0.1, 0.15) is 64.8 Å². The van der Waals surface area contributed by atoms with Gasteiger partial charge in [-0.1, -0.05) is 37.6 Å². The number of anilines is 1. The Bertz CT molecular complexity index is 1300. The largest absolute Gasteiger partial charge is 0.497 e. The highest BCUT2D eigenvalue weighted by molar-refractivity contribution is 6.10. The summed E-state index contributed by atoms with van der Waals surface area (Å²) in [6.45, 7) is 4.69. The Kier molecular flexibility index (Phi) is 9.60. The number of rotatable bonds is 10. The van der Waals surface area contributed by atoms with Gasteiger partial charge in [-0.05, 0) is 98.4 Å². The molecular weight excluding hydrogens is 492 g/mol. The molecule has 0 atom stereocenters. The van der Waals surface area contributed by atoms with E-state index in [0.29, 0.717) is 29.5 Å². The zero-order valence-corrected chi connectivity index (χ0v) is 23.3. The van der Waals surface area contributed by atoms with Crippen molar-refractivity contribution in [1.29, 1.82) is 0 Å². The first-order valence-electron chi connectivity index (χ1n) is 13.6. The van der Waals surface area contributed by atoms with Crippen molar-refractivity contribution in [1.82, 2.24) is 4.90 Å². The number of piperidine rings is 1. The summed E-state index contributed by atoms with van der Waals surface area (Å²) < 4.78 is 16.4. The average Bonchev–Trinajstić information content (AvgIpc) is 2.97. The van der Waals surface area contributed by atoms with Gasteiger partial charge in [0.15, 0.2) is 0 Å². The summed E-state index contributed by atoms with van der Waals surface area (Å²) >= 11 is 0. The third-order valence-electron chi connectivity index (χ3n) is 7.27. The van der Waals surface area contributed by atoms with E-state index in [1.54, 1.807) is 19.2 Å². The third-order valence-corrected chi connectivity index (χ3v) is 7.27. The quantitative estimate of drug-likeness (QED) is 0.242. The molecule has 1 saturated heterocycles. The Labute approximate surface area is 231 Å². The summed E-state index contributed by atoms with van der Waals surface area (Å²) in [7, 11) is 5.08. The molecule has 3 aromatic rings. The van der Waals surface area contributed by atoms with Gasteiger partial charge in [-0.3, -0.25) is 4.79 Å². The molecule has 206 valence electrons. The maximum absolute atomic E-state index is 13.8. The van der Waals surface area contributed by atoms with Crippen LogP contribution in [0, 0.1) is 0 Å². The van der Waals surface area contributed by atoms with Gasteiger partial charge in [-0.25, -0.2) is 4.79 Å². The fraction of sp³-hybridized carbons (Fsp3) is 0.375. The van der Waals surface area contributed by atoms with Gasteiger partial charge in [-0.2, -0.15) is 0 Å². The number of hydrogen-bond donors (Lipinski definition) is 1. The zero-order chi connectivity index (χ0) is 27.8. The van der Waals surface area contributed by atoms with Crippen LogP contribution in [0.15, 0.2) is 60.7 Å². The van der Waals surface area contributed by atoms with Gasteiger partial charge < -0.3 is 24.4 Å². The molecular formula is C32H38N2O5. The summed E-state index contributed by atoms with van der Waals surface area (Å²) in [5, 5.41) is 2.99. The summed E-state index contributed by atoms with van der Waals surface area (Å²) in [5.74, 6) is 0.793. The minimum absolute atomic E-state index is 0.275. The van der Waals surface area contributed by atoms with E-state index in [1.165, 1.54) is 7.11 Å². The van der Waals surface area contributed by atoms with Crippen LogP contribution in [-0.4, -0.2) is 57.7 Å². The average molecular weight is 531 g/mol. The molecule has 0 saturated carbocycles. The molecule has 1 heterocycles. The fourth-order valence-electron chi connectivity index (χ4n) is 4.88. The molecule has 0 bridgehead atoms. The zero-order valence-electron chi connectivity index (χ0n) is 23.3. The molecule has 0 spiro atoms. The number of methoxy groups -OCH3 is 2. The van der Waals surface area contributed by atoms with E-state index in [-0.39, 0.29) is 11.5 Å². The Balaban J connectivity index is 1.69. The highest BCUT2D eigenvalue weighted by atomic mass is 16.5. The molecule has 1 amide bonds. The molecule has 0 aromatic heterocycles. The lowest BCUT2D eigenvalue weighted by Gasteiger charge is -2.29. The van der Waals surface area contributed by atoms with Crippen LogP contribution >= 0.6 is 0 Å². The van der Waals surface area contributed by atoms with Crippen LogP contribution in [0.4, 0.5) is 5.69 Å². The summed E-state index contributed by atoms with van der Waals surface area (Å²) in [5.41, 5.74) is 3.97. The first-order valence-corrected chi connectivity index (χ1v) is 13.6. The van der Waals surface area contributed by atoms with Gasteiger partial charge in [0.05, 0.1) is 37.6 Å². The molecule has 0 unspecified atom stereocenters. The fourth-order valence-corrected chi connectivity index (χ4v) is 4.88. The Morgan fingerprint density at radius 2 is 1.72 bits per heavy atom. The molecule has 0 aliphatic carbocycles. The van der Waals surface area contributed by atoms with Crippen LogP contribution in [-0.2, 0) is 4.74 Å². The Morgan fingerprint density at radius 1 is 0.949 bits per heavy atom. The van der Waals surface area contributed by atoms with Gasteiger partial charge >= 0.3 is 5.97 Å². The molecule has 1 aliphatic heterocycles. The van der Waals surface area contributed by atoms with Crippen molar-refractivity contribution in [2.45, 2.75) is 38.5 Å². The number of nitrogens with zero attached hydrogens (tertiary/aromatic N) is 1. The van der Waals surface area contributed by atoms with Gasteiger partial charge in [0.2, 0.25) is 0 Å². The Morgan fingerprint density at radius 3 is 2.44 bits per heavy atom. The van der Waals surface area contributed by atoms with Crippen molar-refractivity contribution in [3.63, 3.8) is 0 Å². The SMILES string of the molecule is CCCCOc1ccc(C2CCN(C)CC2)cc1C(=O)Nc1cc(-c2cccc(OC)c2)ccc1C(=O)OC. The van der Waals surface area contributed by atoms with Crippen molar-refractivity contribution >= 4 is 17.6 Å². The van der Waals surface area contributed by atoms with E-state index < -0.39 is 5.97 Å². The normalized spacial score (nSPS) is 14.1. The standard InChI is InChI=1S/C32H38N2O5/c1-5-6-18-39-30-13-11-24(22-14-16-34(2)17-15-22)20-28(30)31(35)33-29-21-25(10-12-27(29)32(36)38-4)23-8-7-9-26(19-23)37-3/h7-13,19-22H,5-6,14-18H2,1-4H3,(H,33,35). The highest BCUT2D eigenvalue weighted by Crippen LogP contribution is 2.33. The first-order chi connectivity index (χ1) is 18.9. The van der Waals surface area contributed by atoms with Crippen molar-refractivity contribution in [3.8, 4) is 22.6 Å². The molecule has 0 radical (unpaired) electrons. The van der Waals surface area contributed by atoms with Crippen LogP contribution in [0.2, 0.25) is 0 Å². The summed E-state index contributed by atoms with van der Waals surface area (Å²) in [6, 6.07) is 18.9. The monoisotopic (exact) mass is 530 g/mol. The molecule has 4 rings (SSSR count). The highest BCUT2D eigenvalue weighted by Gasteiger charge is 2.23. The van der Waals surface area contributed by atoms with Crippen molar-refractivity contribution in [2.75, 3.05) is 46.3 Å².